The summed E-state index contributed by atoms with van der Waals surface area (Å²) in [5.41, 5.74) is 12.1. The second-order valence-electron chi connectivity index (χ2n) is 11.2. The van der Waals surface area contributed by atoms with E-state index in [1.54, 1.807) is 0 Å². The molecule has 0 aliphatic heterocycles. The Labute approximate surface area is 253 Å². The van der Waals surface area contributed by atoms with E-state index in [-0.39, 0.29) is 0 Å². The highest BCUT2D eigenvalue weighted by molar-refractivity contribution is 6.25. The Morgan fingerprint density at radius 2 is 0.818 bits per heavy atom. The molecule has 0 aliphatic rings. The molecule has 0 amide bonds. The largest absolute Gasteiger partial charge is 0.456 e. The molecule has 206 valence electrons. The molecule has 0 N–H and O–H groups in total. The zero-order chi connectivity index (χ0) is 29.0. The molecule has 9 rings (SSSR count). The maximum Gasteiger partial charge on any atom is 0.136 e. The van der Waals surface area contributed by atoms with E-state index in [1.165, 1.54) is 0 Å². The zero-order valence-corrected chi connectivity index (χ0v) is 23.7. The number of pyridine rings is 1. The fourth-order valence-electron chi connectivity index (χ4n) is 6.33. The van der Waals surface area contributed by atoms with Gasteiger partial charge < -0.3 is 8.83 Å². The number of hydrogen-bond donors (Lipinski definition) is 0. The lowest BCUT2D eigenvalue weighted by Gasteiger charge is -2.11. The number of nitrogens with zero attached hydrogens (tertiary/aromatic N) is 1. The molecule has 0 radical (unpaired) electrons. The molecule has 3 heterocycles. The maximum atomic E-state index is 6.40. The van der Waals surface area contributed by atoms with Gasteiger partial charge in [-0.3, -0.25) is 0 Å². The number of fused-ring (bicyclic) bond motifs is 7. The molecule has 0 unspecified atom stereocenters. The second kappa shape index (κ2) is 9.82. The highest BCUT2D eigenvalue weighted by Gasteiger charge is 2.16. The van der Waals surface area contributed by atoms with Crippen molar-refractivity contribution in [3.63, 3.8) is 0 Å². The van der Waals surface area contributed by atoms with Gasteiger partial charge in [-0.2, -0.15) is 0 Å². The van der Waals surface area contributed by atoms with E-state index in [2.05, 4.69) is 115 Å². The molecule has 9 aromatic rings. The number of para-hydroxylation sites is 1. The first-order valence-corrected chi connectivity index (χ1v) is 14.8. The van der Waals surface area contributed by atoms with Gasteiger partial charge in [0.25, 0.3) is 0 Å². The van der Waals surface area contributed by atoms with E-state index in [9.17, 15) is 0 Å². The van der Waals surface area contributed by atoms with Crippen LogP contribution in [0.5, 0.6) is 0 Å². The first-order valence-electron chi connectivity index (χ1n) is 14.8. The van der Waals surface area contributed by atoms with Crippen molar-refractivity contribution in [3.05, 3.63) is 152 Å². The van der Waals surface area contributed by atoms with Crippen LogP contribution >= 0.6 is 0 Å². The van der Waals surface area contributed by atoms with E-state index in [4.69, 9.17) is 13.8 Å². The summed E-state index contributed by atoms with van der Waals surface area (Å²) in [5.74, 6) is 0. The van der Waals surface area contributed by atoms with E-state index in [0.717, 1.165) is 88.6 Å². The third-order valence-corrected chi connectivity index (χ3v) is 8.49. The van der Waals surface area contributed by atoms with E-state index >= 15 is 0 Å². The Bertz CT molecular complexity index is 2410. The average Bonchev–Trinajstić information content (AvgIpc) is 3.66. The molecular weight excluding hydrogens is 538 g/mol. The minimum atomic E-state index is 0.868. The lowest BCUT2D eigenvalue weighted by atomic mass is 9.97. The van der Waals surface area contributed by atoms with Crippen molar-refractivity contribution in [2.75, 3.05) is 0 Å². The third kappa shape index (κ3) is 4.02. The number of rotatable bonds is 4. The third-order valence-electron chi connectivity index (χ3n) is 8.49. The highest BCUT2D eigenvalue weighted by atomic mass is 16.3. The van der Waals surface area contributed by atoms with Crippen LogP contribution in [0.2, 0.25) is 0 Å². The maximum absolute atomic E-state index is 6.40. The Morgan fingerprint density at radius 1 is 0.318 bits per heavy atom. The molecule has 44 heavy (non-hydrogen) atoms. The van der Waals surface area contributed by atoms with Crippen LogP contribution in [0, 0.1) is 0 Å². The van der Waals surface area contributed by atoms with Gasteiger partial charge in [-0.05, 0) is 64.7 Å². The topological polar surface area (TPSA) is 39.2 Å². The summed E-state index contributed by atoms with van der Waals surface area (Å²) in [6.07, 6.45) is 0. The van der Waals surface area contributed by atoms with Crippen molar-refractivity contribution in [2.24, 2.45) is 0 Å². The SMILES string of the molecule is c1ccc(-c2cc(-c3ccc(-c4ccc5c(c4)oc4ccc6oc7ccccc7c6c45)cc3)cc(-c3ccccc3)n2)cc1. The van der Waals surface area contributed by atoms with Gasteiger partial charge in [0.2, 0.25) is 0 Å². The number of furan rings is 2. The molecule has 6 aromatic carbocycles. The van der Waals surface area contributed by atoms with Crippen LogP contribution in [0.15, 0.2) is 160 Å². The summed E-state index contributed by atoms with van der Waals surface area (Å²) < 4.78 is 12.5. The summed E-state index contributed by atoms with van der Waals surface area (Å²) in [6.45, 7) is 0. The predicted molar refractivity (Wildman–Crippen MR) is 181 cm³/mol. The van der Waals surface area contributed by atoms with Crippen molar-refractivity contribution < 1.29 is 8.83 Å². The number of aromatic nitrogens is 1. The first kappa shape index (κ1) is 24.6. The summed E-state index contributed by atoms with van der Waals surface area (Å²) in [6, 6.07) is 52.5. The number of benzene rings is 6. The van der Waals surface area contributed by atoms with E-state index in [0.29, 0.717) is 0 Å². The van der Waals surface area contributed by atoms with Crippen molar-refractivity contribution in [1.82, 2.24) is 4.98 Å². The van der Waals surface area contributed by atoms with Crippen molar-refractivity contribution in [1.29, 1.82) is 0 Å². The molecule has 3 nitrogen and oxygen atoms in total. The molecule has 3 heteroatoms. The monoisotopic (exact) mass is 563 g/mol. The second-order valence-corrected chi connectivity index (χ2v) is 11.2. The molecule has 0 atom stereocenters. The zero-order valence-electron chi connectivity index (χ0n) is 23.7. The van der Waals surface area contributed by atoms with Gasteiger partial charge in [0.05, 0.1) is 11.4 Å². The summed E-state index contributed by atoms with van der Waals surface area (Å²) in [4.78, 5) is 5.03. The molecular formula is C41H25NO2. The molecule has 0 bridgehead atoms. The van der Waals surface area contributed by atoms with Crippen molar-refractivity contribution >= 4 is 43.9 Å². The molecule has 0 saturated heterocycles. The van der Waals surface area contributed by atoms with Crippen molar-refractivity contribution in [2.45, 2.75) is 0 Å². The Morgan fingerprint density at radius 3 is 1.45 bits per heavy atom. The fourth-order valence-corrected chi connectivity index (χ4v) is 6.33. The van der Waals surface area contributed by atoms with Crippen LogP contribution in [-0.2, 0) is 0 Å². The molecule has 3 aromatic heterocycles. The summed E-state index contributed by atoms with van der Waals surface area (Å²) in [5, 5.41) is 4.41. The van der Waals surface area contributed by atoms with Gasteiger partial charge in [-0.1, -0.05) is 109 Å². The molecule has 0 saturated carbocycles. The Hall–Kier alpha value is -5.93. The molecule has 0 spiro atoms. The average molecular weight is 564 g/mol. The van der Waals surface area contributed by atoms with Crippen molar-refractivity contribution in [3.8, 4) is 44.8 Å². The van der Waals surface area contributed by atoms with Crippen LogP contribution in [0.1, 0.15) is 0 Å². The van der Waals surface area contributed by atoms with Gasteiger partial charge in [0.15, 0.2) is 0 Å². The summed E-state index contributed by atoms with van der Waals surface area (Å²) in [7, 11) is 0. The first-order chi connectivity index (χ1) is 21.8. The van der Waals surface area contributed by atoms with Crippen LogP contribution in [0.3, 0.4) is 0 Å². The quantitative estimate of drug-likeness (QED) is 0.214. The smallest absolute Gasteiger partial charge is 0.136 e. The van der Waals surface area contributed by atoms with Gasteiger partial charge >= 0.3 is 0 Å². The molecule has 0 fully saturated rings. The Balaban J connectivity index is 1.12. The minimum absolute atomic E-state index is 0.868. The standard InChI is InChI=1S/C41H25NO2/c1-3-9-28(10-4-1)34-23-31(24-35(42-34)29-11-5-2-6-12-29)27-17-15-26(16-18-27)30-19-20-33-39(25-30)44-38-22-21-37-40(41(33)38)32-13-7-8-14-36(32)43-37/h1-25H. The van der Waals surface area contributed by atoms with Crippen LogP contribution < -0.4 is 0 Å². The molecule has 0 aliphatic carbocycles. The van der Waals surface area contributed by atoms with Crippen LogP contribution in [-0.4, -0.2) is 4.98 Å². The van der Waals surface area contributed by atoms with Crippen LogP contribution in [0.4, 0.5) is 0 Å². The fraction of sp³-hybridized carbons (Fsp3) is 0. The van der Waals surface area contributed by atoms with Gasteiger partial charge in [0, 0.05) is 32.7 Å². The van der Waals surface area contributed by atoms with E-state index < -0.39 is 0 Å². The predicted octanol–water partition coefficient (Wildman–Crippen LogP) is 11.5. The highest BCUT2D eigenvalue weighted by Crippen LogP contribution is 2.41. The van der Waals surface area contributed by atoms with Gasteiger partial charge in [-0.15, -0.1) is 0 Å². The number of hydrogen-bond acceptors (Lipinski definition) is 3. The summed E-state index contributed by atoms with van der Waals surface area (Å²) >= 11 is 0. The normalized spacial score (nSPS) is 11.6. The lowest BCUT2D eigenvalue weighted by molar-refractivity contribution is 0.663. The lowest BCUT2D eigenvalue weighted by Crippen LogP contribution is -1.91. The minimum Gasteiger partial charge on any atom is -0.456 e. The van der Waals surface area contributed by atoms with Gasteiger partial charge in [-0.25, -0.2) is 4.98 Å². The van der Waals surface area contributed by atoms with E-state index in [1.807, 2.05) is 36.4 Å². The van der Waals surface area contributed by atoms with Gasteiger partial charge in [0.1, 0.15) is 22.3 Å². The van der Waals surface area contributed by atoms with Crippen LogP contribution in [0.25, 0.3) is 88.6 Å². The Kier molecular flexibility index (Phi) is 5.50.